The van der Waals surface area contributed by atoms with Gasteiger partial charge < -0.3 is 15.3 Å². The molecule has 3 N–H and O–H groups in total. The van der Waals surface area contributed by atoms with Crippen molar-refractivity contribution in [1.29, 1.82) is 0 Å². The van der Waals surface area contributed by atoms with Crippen LogP contribution in [0.25, 0.3) is 22.3 Å². The quantitative estimate of drug-likeness (QED) is 0.140. The van der Waals surface area contributed by atoms with E-state index in [-0.39, 0.29) is 0 Å². The minimum atomic E-state index is 0.328. The van der Waals surface area contributed by atoms with Crippen LogP contribution in [0.1, 0.15) is 44.5 Å². The molecule has 0 radical (unpaired) electrons. The lowest BCUT2D eigenvalue weighted by molar-refractivity contribution is 0.463. The van der Waals surface area contributed by atoms with Crippen LogP contribution in [0.15, 0.2) is 164 Å². The fraction of sp³-hybridized carbons (Fsp3) is 0.0870. The molecule has 0 fully saturated rings. The van der Waals surface area contributed by atoms with E-state index in [1.165, 1.54) is 0 Å². The van der Waals surface area contributed by atoms with Crippen molar-refractivity contribution in [2.24, 2.45) is 0 Å². The predicted octanol–water partition coefficient (Wildman–Crippen LogP) is 10.5. The molecule has 0 saturated heterocycles. The van der Waals surface area contributed by atoms with Gasteiger partial charge in [-0.2, -0.15) is 0 Å². The first kappa shape index (κ1) is 31.5. The fourth-order valence-corrected chi connectivity index (χ4v) is 6.39. The van der Waals surface area contributed by atoms with Crippen molar-refractivity contribution in [3.05, 3.63) is 208 Å². The lowest BCUT2D eigenvalue weighted by Gasteiger charge is -2.12. The Balaban J connectivity index is 0.974. The maximum atomic E-state index is 11.2. The van der Waals surface area contributed by atoms with Crippen molar-refractivity contribution >= 4 is 0 Å². The van der Waals surface area contributed by atoms with Gasteiger partial charge in [-0.15, -0.1) is 0 Å². The van der Waals surface area contributed by atoms with Crippen LogP contribution in [0, 0.1) is 0 Å². The molecule has 0 saturated carbocycles. The topological polar surface area (TPSA) is 60.7 Å². The number of aromatic hydroxyl groups is 3. The van der Waals surface area contributed by atoms with Crippen molar-refractivity contribution in [2.75, 3.05) is 0 Å². The van der Waals surface area contributed by atoms with Crippen LogP contribution in [0.3, 0.4) is 0 Å². The minimum Gasteiger partial charge on any atom is -0.508 e. The van der Waals surface area contributed by atoms with Crippen LogP contribution >= 0.6 is 0 Å². The van der Waals surface area contributed by atoms with E-state index in [9.17, 15) is 15.3 Å². The molecule has 0 spiro atoms. The highest BCUT2D eigenvalue weighted by Crippen LogP contribution is 2.30. The molecule has 240 valence electrons. The Morgan fingerprint density at radius 2 is 0.531 bits per heavy atom. The van der Waals surface area contributed by atoms with Gasteiger partial charge in [0.05, 0.1) is 0 Å². The van der Waals surface area contributed by atoms with Crippen LogP contribution < -0.4 is 0 Å². The van der Waals surface area contributed by atoms with Crippen LogP contribution in [0.5, 0.6) is 17.2 Å². The number of para-hydroxylation sites is 3. The highest BCUT2D eigenvalue weighted by molar-refractivity contribution is 5.65. The van der Waals surface area contributed by atoms with E-state index in [1.54, 1.807) is 12.1 Å². The molecule has 7 rings (SSSR count). The van der Waals surface area contributed by atoms with Gasteiger partial charge in [-0.05, 0) is 78.9 Å². The Morgan fingerprint density at radius 3 is 0.837 bits per heavy atom. The number of benzene rings is 7. The maximum Gasteiger partial charge on any atom is 0.122 e. The summed E-state index contributed by atoms with van der Waals surface area (Å²) in [5.74, 6) is 1.01. The summed E-state index contributed by atoms with van der Waals surface area (Å²) in [6, 6.07) is 55.0. The van der Waals surface area contributed by atoms with Crippen molar-refractivity contribution in [2.45, 2.75) is 25.7 Å². The molecule has 3 nitrogen and oxygen atoms in total. The summed E-state index contributed by atoms with van der Waals surface area (Å²) < 4.78 is 0. The van der Waals surface area contributed by atoms with Crippen molar-refractivity contribution < 1.29 is 15.3 Å². The van der Waals surface area contributed by atoms with Crippen molar-refractivity contribution in [3.8, 4) is 39.5 Å². The summed E-state index contributed by atoms with van der Waals surface area (Å²) in [5, 5.41) is 31.4. The zero-order valence-electron chi connectivity index (χ0n) is 27.3. The average molecular weight is 639 g/mol. The molecule has 49 heavy (non-hydrogen) atoms. The number of rotatable bonds is 10. The maximum absolute atomic E-state index is 11.2. The Labute approximate surface area is 288 Å². The summed E-state index contributed by atoms with van der Waals surface area (Å²) in [7, 11) is 0. The lowest BCUT2D eigenvalue weighted by atomic mass is 9.95. The largest absolute Gasteiger partial charge is 0.508 e. The van der Waals surface area contributed by atoms with E-state index >= 15 is 0 Å². The molecular weight excluding hydrogens is 601 g/mol. The summed E-state index contributed by atoms with van der Waals surface area (Å²) in [5.41, 5.74) is 12.8. The molecule has 0 bridgehead atoms. The molecule has 0 atom stereocenters. The van der Waals surface area contributed by atoms with Gasteiger partial charge >= 0.3 is 0 Å². The third-order valence-electron chi connectivity index (χ3n) is 9.25. The first-order valence-corrected chi connectivity index (χ1v) is 16.7. The van der Waals surface area contributed by atoms with Crippen LogP contribution in [0.2, 0.25) is 0 Å². The Kier molecular flexibility index (Phi) is 9.25. The standard InChI is InChI=1S/C46H38O3/c47-44-10-3-1-6-40(44)28-32-12-20-36(21-13-32)38-24-16-34(17-25-38)30-42-8-5-9-43(46(42)49)31-35-18-26-39(27-19-35)37-22-14-33(15-23-37)29-41-7-2-4-11-45(41)48/h1-27,47-49H,28-31H2. The molecule has 0 aromatic heterocycles. The molecule has 0 aliphatic heterocycles. The van der Waals surface area contributed by atoms with E-state index in [0.717, 1.165) is 66.8 Å². The second-order valence-electron chi connectivity index (χ2n) is 12.7. The Morgan fingerprint density at radius 1 is 0.265 bits per heavy atom. The second-order valence-corrected chi connectivity index (χ2v) is 12.7. The van der Waals surface area contributed by atoms with Gasteiger partial charge in [0.25, 0.3) is 0 Å². The smallest absolute Gasteiger partial charge is 0.122 e. The van der Waals surface area contributed by atoms with E-state index in [1.807, 2.05) is 54.6 Å². The highest BCUT2D eigenvalue weighted by Gasteiger charge is 2.10. The van der Waals surface area contributed by atoms with Crippen LogP contribution in [-0.2, 0) is 25.7 Å². The first-order chi connectivity index (χ1) is 24.0. The van der Waals surface area contributed by atoms with Crippen LogP contribution in [-0.4, -0.2) is 15.3 Å². The summed E-state index contributed by atoms with van der Waals surface area (Å²) >= 11 is 0. The normalized spacial score (nSPS) is 11.0. The molecule has 0 aliphatic rings. The minimum absolute atomic E-state index is 0.328. The van der Waals surface area contributed by atoms with Gasteiger partial charge in [-0.1, -0.05) is 152 Å². The van der Waals surface area contributed by atoms with Gasteiger partial charge in [0.1, 0.15) is 17.2 Å². The molecule has 0 unspecified atom stereocenters. The molecule has 0 heterocycles. The lowest BCUT2D eigenvalue weighted by Crippen LogP contribution is -1.95. The van der Waals surface area contributed by atoms with Gasteiger partial charge in [0, 0.05) is 25.7 Å². The molecule has 7 aromatic carbocycles. The van der Waals surface area contributed by atoms with Gasteiger partial charge in [0.15, 0.2) is 0 Å². The number of hydrogen-bond donors (Lipinski definition) is 3. The molecule has 7 aromatic rings. The predicted molar refractivity (Wildman–Crippen MR) is 199 cm³/mol. The van der Waals surface area contributed by atoms with Gasteiger partial charge in [-0.25, -0.2) is 0 Å². The second kappa shape index (κ2) is 14.4. The molecule has 3 heteroatoms. The number of phenols is 3. The third kappa shape index (κ3) is 7.58. The summed E-state index contributed by atoms with van der Waals surface area (Å²) in [4.78, 5) is 0. The number of phenolic OH excluding ortho intramolecular Hbond substituents is 3. The van der Waals surface area contributed by atoms with Crippen molar-refractivity contribution in [1.82, 2.24) is 0 Å². The third-order valence-corrected chi connectivity index (χ3v) is 9.25. The fourth-order valence-electron chi connectivity index (χ4n) is 6.39. The van der Waals surface area contributed by atoms with E-state index in [2.05, 4.69) is 97.1 Å². The van der Waals surface area contributed by atoms with E-state index < -0.39 is 0 Å². The summed E-state index contributed by atoms with van der Waals surface area (Å²) in [6.07, 6.45) is 2.69. The van der Waals surface area contributed by atoms with E-state index in [4.69, 9.17) is 0 Å². The summed E-state index contributed by atoms with van der Waals surface area (Å²) in [6.45, 7) is 0. The van der Waals surface area contributed by atoms with Crippen molar-refractivity contribution in [3.63, 3.8) is 0 Å². The molecular formula is C46H38O3. The van der Waals surface area contributed by atoms with E-state index in [0.29, 0.717) is 42.9 Å². The highest BCUT2D eigenvalue weighted by atomic mass is 16.3. The molecule has 0 amide bonds. The van der Waals surface area contributed by atoms with Gasteiger partial charge in [0.2, 0.25) is 0 Å². The zero-order valence-corrected chi connectivity index (χ0v) is 27.3. The zero-order chi connectivity index (χ0) is 33.6. The Bertz CT molecular complexity index is 2010. The number of hydrogen-bond acceptors (Lipinski definition) is 3. The molecule has 0 aliphatic carbocycles. The van der Waals surface area contributed by atoms with Gasteiger partial charge in [-0.3, -0.25) is 0 Å². The Hall–Kier alpha value is -6.06. The average Bonchev–Trinajstić information content (AvgIpc) is 3.13. The van der Waals surface area contributed by atoms with Crippen LogP contribution in [0.4, 0.5) is 0 Å². The monoisotopic (exact) mass is 638 g/mol. The first-order valence-electron chi connectivity index (χ1n) is 16.7. The SMILES string of the molecule is Oc1ccccc1Cc1ccc(-c2ccc(Cc3cccc(Cc4ccc(-c5ccc(Cc6ccccc6O)cc5)cc4)c3O)cc2)cc1.